The van der Waals surface area contributed by atoms with Crippen molar-refractivity contribution in [3.05, 3.63) is 102 Å². The van der Waals surface area contributed by atoms with Gasteiger partial charge in [-0.15, -0.1) is 0 Å². The Hall–Kier alpha value is -4.97. The van der Waals surface area contributed by atoms with Crippen molar-refractivity contribution in [2.24, 2.45) is 5.92 Å². The molecule has 3 heterocycles. The Labute approximate surface area is 311 Å². The number of benzene rings is 4. The number of carbonyl (C=O) groups excluding carboxylic acids is 3. The molecule has 0 saturated carbocycles. The van der Waals surface area contributed by atoms with Crippen molar-refractivity contribution in [2.45, 2.75) is 62.9 Å². The van der Waals surface area contributed by atoms with Gasteiger partial charge in [0, 0.05) is 36.7 Å². The highest BCUT2D eigenvalue weighted by molar-refractivity contribution is 6.91. The minimum absolute atomic E-state index is 0.0522. The minimum Gasteiger partial charge on any atom is -0.497 e. The molecular weight excluding hydrogens is 689 g/mol. The van der Waals surface area contributed by atoms with Gasteiger partial charge in [-0.1, -0.05) is 61.6 Å². The molecule has 0 bridgehead atoms. The van der Waals surface area contributed by atoms with E-state index in [0.717, 1.165) is 5.75 Å². The van der Waals surface area contributed by atoms with E-state index in [4.69, 9.17) is 18.9 Å². The lowest BCUT2D eigenvalue weighted by Crippen LogP contribution is -2.52. The lowest BCUT2D eigenvalue weighted by molar-refractivity contribution is -0.146. The van der Waals surface area contributed by atoms with Gasteiger partial charge >= 0.3 is 5.97 Å². The maximum atomic E-state index is 15.1. The van der Waals surface area contributed by atoms with Gasteiger partial charge in [0.15, 0.2) is 11.4 Å². The van der Waals surface area contributed by atoms with E-state index in [2.05, 4.69) is 32.2 Å². The van der Waals surface area contributed by atoms with Gasteiger partial charge in [-0.2, -0.15) is 0 Å². The van der Waals surface area contributed by atoms with Crippen LogP contribution in [-0.2, 0) is 24.7 Å². The number of aliphatic hydroxyl groups is 1. The molecule has 1 saturated heterocycles. The molecule has 4 atom stereocenters. The van der Waals surface area contributed by atoms with Crippen LogP contribution in [0, 0.1) is 5.92 Å². The van der Waals surface area contributed by atoms with E-state index < -0.39 is 19.8 Å². The first-order valence-corrected chi connectivity index (χ1v) is 21.3. The summed E-state index contributed by atoms with van der Waals surface area (Å²) in [5.74, 6) is 0.757. The normalized spacial score (nSPS) is 21.9. The summed E-state index contributed by atoms with van der Waals surface area (Å²) in [5, 5.41) is 11.6. The molecule has 4 aromatic rings. The van der Waals surface area contributed by atoms with Crippen LogP contribution in [-0.4, -0.2) is 64.4 Å². The number of nitrogens with zero attached hydrogens (tertiary/aromatic N) is 2. The third-order valence-electron chi connectivity index (χ3n) is 11.4. The van der Waals surface area contributed by atoms with E-state index in [1.807, 2.05) is 66.7 Å². The van der Waals surface area contributed by atoms with Crippen LogP contribution < -0.4 is 24.5 Å². The maximum absolute atomic E-state index is 15.1. The number of esters is 1. The highest BCUT2D eigenvalue weighted by Crippen LogP contribution is 2.60. The minimum atomic E-state index is -2.41. The van der Waals surface area contributed by atoms with Crippen LogP contribution in [0.5, 0.6) is 17.2 Å². The van der Waals surface area contributed by atoms with Crippen molar-refractivity contribution in [2.75, 3.05) is 37.2 Å². The highest BCUT2D eigenvalue weighted by atomic mass is 28.3. The fraction of sp³-hybridized carbons (Fsp3) is 0.357. The molecule has 1 fully saturated rings. The Morgan fingerprint density at radius 2 is 1.62 bits per heavy atom. The summed E-state index contributed by atoms with van der Waals surface area (Å²) in [6.07, 6.45) is 1.36. The van der Waals surface area contributed by atoms with Crippen molar-refractivity contribution in [3.8, 4) is 17.2 Å². The highest BCUT2D eigenvalue weighted by Gasteiger charge is 2.66. The summed E-state index contributed by atoms with van der Waals surface area (Å²) in [6.45, 7) is 6.99. The summed E-state index contributed by atoms with van der Waals surface area (Å²) in [4.78, 5) is 44.9. The summed E-state index contributed by atoms with van der Waals surface area (Å²) in [7, 11) is 0.613. The Morgan fingerprint density at radius 1 is 0.906 bits per heavy atom. The number of unbranched alkanes of at least 4 members (excludes halogenated alkanes) is 1. The van der Waals surface area contributed by atoms with Gasteiger partial charge in [0.1, 0.15) is 11.5 Å². The second-order valence-corrected chi connectivity index (χ2v) is 19.3. The van der Waals surface area contributed by atoms with Crippen LogP contribution in [0.15, 0.2) is 91.0 Å². The molecular formula is C42H46N2O8Si. The monoisotopic (exact) mass is 734 g/mol. The van der Waals surface area contributed by atoms with E-state index in [0.29, 0.717) is 65.5 Å². The fourth-order valence-electron chi connectivity index (χ4n) is 8.77. The molecule has 53 heavy (non-hydrogen) atoms. The predicted octanol–water partition coefficient (Wildman–Crippen LogP) is 7.07. The lowest BCUT2D eigenvalue weighted by atomic mass is 9.82. The molecule has 3 aliphatic rings. The molecule has 0 radical (unpaired) electrons. The van der Waals surface area contributed by atoms with Crippen LogP contribution >= 0.6 is 0 Å². The number of hydrogen-bond acceptors (Lipinski definition) is 8. The van der Waals surface area contributed by atoms with Crippen LogP contribution in [0.1, 0.15) is 48.5 Å². The Morgan fingerprint density at radius 3 is 2.34 bits per heavy atom. The topological polar surface area (TPSA) is 115 Å². The average Bonchev–Trinajstić information content (AvgIpc) is 3.54. The van der Waals surface area contributed by atoms with Crippen molar-refractivity contribution in [1.29, 1.82) is 0 Å². The summed E-state index contributed by atoms with van der Waals surface area (Å²) in [5.41, 5.74) is 1.54. The van der Waals surface area contributed by atoms with E-state index in [9.17, 15) is 14.7 Å². The summed E-state index contributed by atoms with van der Waals surface area (Å²) < 4.78 is 23.7. The van der Waals surface area contributed by atoms with E-state index >= 15 is 4.79 Å². The first kappa shape index (κ1) is 36.4. The number of amides is 2. The van der Waals surface area contributed by atoms with Crippen molar-refractivity contribution in [1.82, 2.24) is 0 Å². The average molecular weight is 735 g/mol. The Kier molecular flexibility index (Phi) is 9.92. The molecule has 7 rings (SSSR count). The number of methoxy groups -OCH3 is 2. The van der Waals surface area contributed by atoms with Gasteiger partial charge in [-0.05, 0) is 79.4 Å². The van der Waals surface area contributed by atoms with Crippen molar-refractivity contribution >= 4 is 48.1 Å². The van der Waals surface area contributed by atoms with Crippen LogP contribution in [0.25, 0.3) is 0 Å². The molecule has 0 unspecified atom stereocenters. The van der Waals surface area contributed by atoms with Gasteiger partial charge in [0.05, 0.1) is 45.3 Å². The molecule has 3 aliphatic heterocycles. The smallest absolute Gasteiger partial charge is 0.305 e. The predicted molar refractivity (Wildman–Crippen MR) is 205 cm³/mol. The Balaban J connectivity index is 1.36. The number of anilines is 3. The second kappa shape index (κ2) is 14.5. The molecule has 10 nitrogen and oxygen atoms in total. The number of carbonyl (C=O) groups is 3. The first-order chi connectivity index (χ1) is 25.6. The van der Waals surface area contributed by atoms with Crippen molar-refractivity contribution < 1.29 is 38.4 Å². The van der Waals surface area contributed by atoms with Gasteiger partial charge in [0.25, 0.3) is 11.8 Å². The summed E-state index contributed by atoms with van der Waals surface area (Å²) in [6, 6.07) is 28.5. The molecule has 0 aliphatic carbocycles. The molecule has 1 N–H and O–H groups in total. The third kappa shape index (κ3) is 6.10. The van der Waals surface area contributed by atoms with Crippen LogP contribution in [0.4, 0.5) is 17.1 Å². The second-order valence-electron chi connectivity index (χ2n) is 14.6. The zero-order valence-electron chi connectivity index (χ0n) is 30.8. The third-order valence-corrected chi connectivity index (χ3v) is 15.7. The molecule has 4 aromatic carbocycles. The fourth-order valence-corrected chi connectivity index (χ4v) is 12.8. The van der Waals surface area contributed by atoms with Crippen molar-refractivity contribution in [3.63, 3.8) is 0 Å². The molecule has 11 heteroatoms. The van der Waals surface area contributed by atoms with Crippen LogP contribution in [0.2, 0.25) is 18.6 Å². The molecule has 276 valence electrons. The van der Waals surface area contributed by atoms with E-state index in [1.54, 1.807) is 29.0 Å². The molecule has 2 amide bonds. The van der Waals surface area contributed by atoms with Gasteiger partial charge in [-0.3, -0.25) is 19.3 Å². The van der Waals surface area contributed by atoms with E-state index in [1.165, 1.54) is 12.3 Å². The van der Waals surface area contributed by atoms with Gasteiger partial charge < -0.3 is 29.0 Å². The lowest BCUT2D eigenvalue weighted by Gasteiger charge is -2.37. The quantitative estimate of drug-likeness (QED) is 0.0990. The van der Waals surface area contributed by atoms with E-state index in [-0.39, 0.29) is 42.3 Å². The number of aliphatic hydroxyl groups excluding tert-OH is 1. The number of rotatable bonds is 11. The number of ether oxygens (including phenoxy) is 4. The number of fused-ring (bicyclic) bond motifs is 4. The largest absolute Gasteiger partial charge is 0.497 e. The number of hydrogen-bond donors (Lipinski definition) is 1. The van der Waals surface area contributed by atoms with Crippen LogP contribution in [0.3, 0.4) is 0 Å². The van der Waals surface area contributed by atoms with Gasteiger partial charge in [-0.25, -0.2) is 0 Å². The molecule has 1 spiro atoms. The summed E-state index contributed by atoms with van der Waals surface area (Å²) >= 11 is 0. The standard InChI is InChI=1S/C42H46N2O8Si/c1-27-39(53(4,5)30-20-18-29(49-2)19-21-30)37(23-25-45)52-42(27)32-26-28(17-22-33(32)43(41(42)48)24-11-10-16-38(46)50-3)44-34-13-7-9-15-36(34)51-35-14-8-6-12-31(35)40(44)47/h6-9,12-15,17-22,26-27,37,39,45H,10-11,16,23-25H2,1-5H3/t27-,37+,39-,42+/m1/s1. The zero-order valence-corrected chi connectivity index (χ0v) is 31.8. The van der Waals surface area contributed by atoms with Gasteiger partial charge in [0.2, 0.25) is 0 Å². The molecule has 0 aromatic heterocycles. The Bertz CT molecular complexity index is 2030. The zero-order chi connectivity index (χ0) is 37.5. The number of para-hydroxylation sites is 3. The SMILES string of the molecule is COC(=O)CCCCN1C(=O)[C@@]2(O[C@@H](CCO)[C@H]([Si](C)(C)c3ccc(OC)cc3)[C@H]2C)c2cc(N3C(=O)c4ccccc4Oc4ccccc43)ccc21. The first-order valence-electron chi connectivity index (χ1n) is 18.2. The maximum Gasteiger partial charge on any atom is 0.305 e.